The van der Waals surface area contributed by atoms with Crippen molar-refractivity contribution in [2.75, 3.05) is 4.72 Å². The van der Waals surface area contributed by atoms with Crippen LogP contribution in [0, 0.1) is 12.7 Å². The molecule has 0 spiro atoms. The van der Waals surface area contributed by atoms with E-state index in [-0.39, 0.29) is 4.90 Å². The summed E-state index contributed by atoms with van der Waals surface area (Å²) in [4.78, 5) is -0.145. The molecule has 0 saturated heterocycles. The largest absolute Gasteiger partial charge is 0.311 e. The van der Waals surface area contributed by atoms with E-state index < -0.39 is 15.8 Å². The summed E-state index contributed by atoms with van der Waals surface area (Å²) in [6.07, 6.45) is 4.08. The van der Waals surface area contributed by atoms with E-state index in [1.54, 1.807) is 25.1 Å². The lowest BCUT2D eigenvalue weighted by molar-refractivity contribution is 0.593. The first kappa shape index (κ1) is 19.8. The molecule has 2 heterocycles. The zero-order chi connectivity index (χ0) is 20.6. The summed E-state index contributed by atoms with van der Waals surface area (Å²) in [5.41, 5.74) is 1.30. The molecular formula is C20H20ClFN4O2S. The number of aryl methyl sites for hydroxylation is 2. The lowest BCUT2D eigenvalue weighted by Crippen LogP contribution is -2.13. The second-order valence-electron chi connectivity index (χ2n) is 7.11. The van der Waals surface area contributed by atoms with E-state index in [1.807, 2.05) is 4.57 Å². The van der Waals surface area contributed by atoms with Crippen LogP contribution in [0.3, 0.4) is 0 Å². The summed E-state index contributed by atoms with van der Waals surface area (Å²) in [7, 11) is -3.95. The average molecular weight is 435 g/mol. The molecule has 6 nitrogen and oxygen atoms in total. The maximum absolute atomic E-state index is 13.8. The number of nitrogens with one attached hydrogen (secondary N) is 1. The Labute approximate surface area is 173 Å². The molecule has 29 heavy (non-hydrogen) atoms. The van der Waals surface area contributed by atoms with Crippen LogP contribution in [0.2, 0.25) is 5.02 Å². The average Bonchev–Trinajstić information content (AvgIpc) is 2.93. The van der Waals surface area contributed by atoms with Gasteiger partial charge in [0.25, 0.3) is 10.0 Å². The minimum absolute atomic E-state index is 0.145. The lowest BCUT2D eigenvalue weighted by Gasteiger charge is -2.12. The first-order valence-corrected chi connectivity index (χ1v) is 11.2. The number of nitrogens with zero attached hydrogens (tertiary/aromatic N) is 3. The smallest absolute Gasteiger partial charge is 0.261 e. The van der Waals surface area contributed by atoms with Gasteiger partial charge in [-0.05, 0) is 55.7 Å². The van der Waals surface area contributed by atoms with Crippen LogP contribution in [0.15, 0.2) is 41.3 Å². The second-order valence-corrected chi connectivity index (χ2v) is 9.20. The SMILES string of the molecule is Cc1ccc(S(=O)(=O)Nc2ccc(Cl)c(-c3nnc4n3CCCCC4)c2)cc1F. The number of anilines is 1. The molecule has 152 valence electrons. The molecule has 0 radical (unpaired) electrons. The third-order valence-electron chi connectivity index (χ3n) is 5.02. The number of aromatic nitrogens is 3. The van der Waals surface area contributed by atoms with Gasteiger partial charge in [0.1, 0.15) is 11.6 Å². The topological polar surface area (TPSA) is 76.9 Å². The summed E-state index contributed by atoms with van der Waals surface area (Å²) in [5, 5.41) is 9.02. The van der Waals surface area contributed by atoms with E-state index in [0.717, 1.165) is 44.1 Å². The molecule has 3 aromatic rings. The zero-order valence-electron chi connectivity index (χ0n) is 15.8. The molecule has 4 rings (SSSR count). The Hall–Kier alpha value is -2.45. The van der Waals surface area contributed by atoms with Crippen LogP contribution in [-0.4, -0.2) is 23.2 Å². The van der Waals surface area contributed by atoms with Crippen LogP contribution in [0.4, 0.5) is 10.1 Å². The normalized spacial score (nSPS) is 14.3. The minimum atomic E-state index is -3.95. The summed E-state index contributed by atoms with van der Waals surface area (Å²) in [6, 6.07) is 8.62. The number of rotatable bonds is 4. The monoisotopic (exact) mass is 434 g/mol. The predicted molar refractivity (Wildman–Crippen MR) is 110 cm³/mol. The highest BCUT2D eigenvalue weighted by Crippen LogP contribution is 2.32. The Morgan fingerprint density at radius 3 is 2.72 bits per heavy atom. The highest BCUT2D eigenvalue weighted by molar-refractivity contribution is 7.92. The number of halogens is 2. The van der Waals surface area contributed by atoms with E-state index in [4.69, 9.17) is 11.6 Å². The Balaban J connectivity index is 1.69. The molecule has 0 amide bonds. The van der Waals surface area contributed by atoms with Gasteiger partial charge in [0.15, 0.2) is 5.82 Å². The Morgan fingerprint density at radius 1 is 1.10 bits per heavy atom. The van der Waals surface area contributed by atoms with Crippen molar-refractivity contribution in [3.8, 4) is 11.4 Å². The van der Waals surface area contributed by atoms with Crippen LogP contribution in [-0.2, 0) is 23.0 Å². The molecule has 1 aromatic heterocycles. The number of sulfonamides is 1. The molecule has 2 aromatic carbocycles. The summed E-state index contributed by atoms with van der Waals surface area (Å²) in [6.45, 7) is 2.37. The van der Waals surface area contributed by atoms with Crippen molar-refractivity contribution in [1.29, 1.82) is 0 Å². The van der Waals surface area contributed by atoms with Gasteiger partial charge < -0.3 is 4.57 Å². The first-order chi connectivity index (χ1) is 13.8. The van der Waals surface area contributed by atoms with Gasteiger partial charge in [-0.25, -0.2) is 12.8 Å². The minimum Gasteiger partial charge on any atom is -0.311 e. The van der Waals surface area contributed by atoms with Crippen molar-refractivity contribution in [3.63, 3.8) is 0 Å². The predicted octanol–water partition coefficient (Wildman–Crippen LogP) is 4.57. The number of hydrogen-bond acceptors (Lipinski definition) is 4. The van der Waals surface area contributed by atoms with Crippen molar-refractivity contribution >= 4 is 27.3 Å². The fourth-order valence-electron chi connectivity index (χ4n) is 3.40. The van der Waals surface area contributed by atoms with Crippen LogP contribution < -0.4 is 4.72 Å². The van der Waals surface area contributed by atoms with Crippen molar-refractivity contribution in [2.24, 2.45) is 0 Å². The lowest BCUT2D eigenvalue weighted by atomic mass is 10.2. The fourth-order valence-corrected chi connectivity index (χ4v) is 4.66. The summed E-state index contributed by atoms with van der Waals surface area (Å²) >= 11 is 6.39. The molecule has 9 heteroatoms. The highest BCUT2D eigenvalue weighted by atomic mass is 35.5. The van der Waals surface area contributed by atoms with Crippen molar-refractivity contribution < 1.29 is 12.8 Å². The quantitative estimate of drug-likeness (QED) is 0.652. The maximum Gasteiger partial charge on any atom is 0.261 e. The molecule has 0 unspecified atom stereocenters. The number of fused-ring (bicyclic) bond motifs is 1. The Kier molecular flexibility index (Phi) is 5.31. The Bertz CT molecular complexity index is 1180. The molecule has 1 aliphatic rings. The van der Waals surface area contributed by atoms with E-state index in [0.29, 0.717) is 27.7 Å². The second kappa shape index (κ2) is 7.76. The Morgan fingerprint density at radius 2 is 1.93 bits per heavy atom. The van der Waals surface area contributed by atoms with Gasteiger partial charge in [0.05, 0.1) is 9.92 Å². The molecule has 0 saturated carbocycles. The van der Waals surface area contributed by atoms with Crippen LogP contribution in [0.1, 0.15) is 30.7 Å². The molecule has 0 fully saturated rings. The van der Waals surface area contributed by atoms with Gasteiger partial charge in [-0.15, -0.1) is 10.2 Å². The van der Waals surface area contributed by atoms with Crippen molar-refractivity contribution in [2.45, 2.75) is 44.0 Å². The first-order valence-electron chi connectivity index (χ1n) is 9.36. The fraction of sp³-hybridized carbons (Fsp3) is 0.300. The third kappa shape index (κ3) is 4.00. The standard InChI is InChI=1S/C20H20ClFN4O2S/c1-13-6-8-15(12-18(13)22)29(27,28)25-14-7-9-17(21)16(11-14)20-24-23-19-5-3-2-4-10-26(19)20/h6-9,11-12,25H,2-5,10H2,1H3. The molecule has 0 bridgehead atoms. The molecule has 1 N–H and O–H groups in total. The molecule has 0 aliphatic carbocycles. The molecule has 1 aliphatic heterocycles. The van der Waals surface area contributed by atoms with Gasteiger partial charge in [-0.1, -0.05) is 24.1 Å². The van der Waals surface area contributed by atoms with Gasteiger partial charge in [0, 0.05) is 24.2 Å². The maximum atomic E-state index is 13.8. The van der Waals surface area contributed by atoms with E-state index >= 15 is 0 Å². The molecular weight excluding hydrogens is 415 g/mol. The van der Waals surface area contributed by atoms with Crippen LogP contribution in [0.5, 0.6) is 0 Å². The van der Waals surface area contributed by atoms with Crippen LogP contribution in [0.25, 0.3) is 11.4 Å². The van der Waals surface area contributed by atoms with Crippen molar-refractivity contribution in [1.82, 2.24) is 14.8 Å². The molecule has 0 atom stereocenters. The van der Waals surface area contributed by atoms with Crippen molar-refractivity contribution in [3.05, 3.63) is 58.6 Å². The zero-order valence-corrected chi connectivity index (χ0v) is 17.4. The number of hydrogen-bond donors (Lipinski definition) is 1. The van der Waals surface area contributed by atoms with Gasteiger partial charge >= 0.3 is 0 Å². The highest BCUT2D eigenvalue weighted by Gasteiger charge is 2.20. The summed E-state index contributed by atoms with van der Waals surface area (Å²) < 4.78 is 43.7. The van der Waals surface area contributed by atoms with Gasteiger partial charge in [-0.2, -0.15) is 0 Å². The van der Waals surface area contributed by atoms with Crippen LogP contribution >= 0.6 is 11.6 Å². The summed E-state index contributed by atoms with van der Waals surface area (Å²) in [5.74, 6) is 0.958. The number of benzene rings is 2. The van der Waals surface area contributed by atoms with E-state index in [1.165, 1.54) is 12.1 Å². The van der Waals surface area contributed by atoms with E-state index in [2.05, 4.69) is 14.9 Å². The van der Waals surface area contributed by atoms with Gasteiger partial charge in [-0.3, -0.25) is 4.72 Å². The van der Waals surface area contributed by atoms with Gasteiger partial charge in [0.2, 0.25) is 0 Å². The van der Waals surface area contributed by atoms with E-state index in [9.17, 15) is 12.8 Å². The third-order valence-corrected chi connectivity index (χ3v) is 6.73.